The first kappa shape index (κ1) is 14.4. The number of carbonyl (C=O) groups excluding carboxylic acids is 2. The molecule has 0 saturated carbocycles. The lowest BCUT2D eigenvalue weighted by atomic mass is 10.1. The van der Waals surface area contributed by atoms with Crippen molar-refractivity contribution in [1.29, 1.82) is 0 Å². The van der Waals surface area contributed by atoms with Crippen molar-refractivity contribution in [1.82, 2.24) is 4.98 Å². The van der Waals surface area contributed by atoms with Crippen LogP contribution < -0.4 is 5.32 Å². The van der Waals surface area contributed by atoms with E-state index in [2.05, 4.69) is 10.3 Å². The summed E-state index contributed by atoms with van der Waals surface area (Å²) in [6, 6.07) is 12.7. The molecule has 1 heterocycles. The number of fused-ring (bicyclic) bond motifs is 1. The first-order valence-electron chi connectivity index (χ1n) is 6.78. The number of carbonyl (C=O) groups is 2. The third-order valence-electron chi connectivity index (χ3n) is 3.43. The molecule has 0 bridgehead atoms. The summed E-state index contributed by atoms with van der Waals surface area (Å²) in [7, 11) is 0. The van der Waals surface area contributed by atoms with Crippen LogP contribution in [0, 0.1) is 0 Å². The van der Waals surface area contributed by atoms with Gasteiger partial charge in [0, 0.05) is 23.5 Å². The summed E-state index contributed by atoms with van der Waals surface area (Å²) in [6.45, 7) is 0. The molecule has 0 unspecified atom stereocenters. The van der Waals surface area contributed by atoms with Crippen molar-refractivity contribution in [3.63, 3.8) is 0 Å². The number of aldehydes is 1. The Morgan fingerprint density at radius 1 is 1.23 bits per heavy atom. The Balaban J connectivity index is 1.86. The van der Waals surface area contributed by atoms with Gasteiger partial charge in [0.2, 0.25) is 0 Å². The number of hydrogen-bond donors (Lipinski definition) is 2. The Labute approximate surface area is 132 Å². The third kappa shape index (κ3) is 2.73. The van der Waals surface area contributed by atoms with Gasteiger partial charge in [-0.25, -0.2) is 0 Å². The number of amides is 1. The van der Waals surface area contributed by atoms with Gasteiger partial charge in [-0.15, -0.1) is 0 Å². The molecule has 0 spiro atoms. The van der Waals surface area contributed by atoms with Crippen molar-refractivity contribution in [3.05, 3.63) is 64.8 Å². The number of aromatic nitrogens is 1. The summed E-state index contributed by atoms with van der Waals surface area (Å²) in [6.07, 6.45) is 2.79. The van der Waals surface area contributed by atoms with Gasteiger partial charge < -0.3 is 15.1 Å². The molecule has 0 fully saturated rings. The Morgan fingerprint density at radius 3 is 2.82 bits per heavy atom. The third-order valence-corrected chi connectivity index (χ3v) is 3.75. The van der Waals surface area contributed by atoms with Crippen molar-refractivity contribution in [2.45, 2.75) is 6.42 Å². The smallest absolute Gasteiger partial charge is 0.257 e. The van der Waals surface area contributed by atoms with E-state index in [9.17, 15) is 9.59 Å². The maximum Gasteiger partial charge on any atom is 0.257 e. The fourth-order valence-electron chi connectivity index (χ4n) is 2.33. The lowest BCUT2D eigenvalue weighted by molar-refractivity contribution is -0.107. The molecular formula is C17H13ClN2O2. The minimum absolute atomic E-state index is 0.234. The van der Waals surface area contributed by atoms with Crippen LogP contribution in [0.1, 0.15) is 15.9 Å². The average Bonchev–Trinajstić information content (AvgIpc) is 2.94. The topological polar surface area (TPSA) is 62.0 Å². The lowest BCUT2D eigenvalue weighted by Crippen LogP contribution is -2.11. The number of para-hydroxylation sites is 1. The maximum absolute atomic E-state index is 12.4. The summed E-state index contributed by atoms with van der Waals surface area (Å²) in [4.78, 5) is 26.0. The van der Waals surface area contributed by atoms with Gasteiger partial charge in [-0.1, -0.05) is 35.9 Å². The van der Waals surface area contributed by atoms with Crippen molar-refractivity contribution in [2.75, 3.05) is 5.32 Å². The maximum atomic E-state index is 12.4. The molecule has 3 rings (SSSR count). The first-order chi connectivity index (χ1) is 10.7. The largest absolute Gasteiger partial charge is 0.360 e. The number of anilines is 1. The highest BCUT2D eigenvalue weighted by Gasteiger charge is 2.13. The number of benzene rings is 2. The Kier molecular flexibility index (Phi) is 3.94. The number of rotatable bonds is 4. The minimum atomic E-state index is -0.234. The van der Waals surface area contributed by atoms with Gasteiger partial charge in [-0.05, 0) is 23.8 Å². The van der Waals surface area contributed by atoms with Gasteiger partial charge in [-0.2, -0.15) is 0 Å². The van der Waals surface area contributed by atoms with Crippen LogP contribution in [0.2, 0.25) is 5.02 Å². The average molecular weight is 313 g/mol. The van der Waals surface area contributed by atoms with Crippen LogP contribution in [0.3, 0.4) is 0 Å². The van der Waals surface area contributed by atoms with E-state index in [1.807, 2.05) is 24.3 Å². The fraction of sp³-hybridized carbons (Fsp3) is 0.0588. The lowest BCUT2D eigenvalue weighted by Gasteiger charge is -2.08. The Morgan fingerprint density at radius 2 is 2.05 bits per heavy atom. The van der Waals surface area contributed by atoms with E-state index in [0.717, 1.165) is 22.8 Å². The molecule has 0 aliphatic carbocycles. The van der Waals surface area contributed by atoms with Crippen LogP contribution in [0.15, 0.2) is 48.7 Å². The zero-order chi connectivity index (χ0) is 15.5. The number of nitrogens with one attached hydrogen (secondary N) is 2. The highest BCUT2D eigenvalue weighted by Crippen LogP contribution is 2.25. The predicted octanol–water partition coefficient (Wildman–Crippen LogP) is 3.82. The van der Waals surface area contributed by atoms with Crippen molar-refractivity contribution < 1.29 is 9.59 Å². The molecule has 3 aromatic rings. The molecule has 22 heavy (non-hydrogen) atoms. The molecule has 5 heteroatoms. The molecule has 0 radical (unpaired) electrons. The molecule has 0 aliphatic rings. The molecule has 2 N–H and O–H groups in total. The molecule has 0 saturated heterocycles. The highest BCUT2D eigenvalue weighted by molar-refractivity contribution is 6.34. The van der Waals surface area contributed by atoms with Gasteiger partial charge in [0.05, 0.1) is 16.3 Å². The molecular weight excluding hydrogens is 300 g/mol. The molecule has 2 aromatic carbocycles. The standard InChI is InChI=1S/C17H13ClN2O2/c18-14-9-11(7-8-21)5-6-16(14)20-17(22)13-10-19-15-4-2-1-3-12(13)15/h1-6,8-10,19H,7H2,(H,20,22). The van der Waals surface area contributed by atoms with E-state index in [4.69, 9.17) is 11.6 Å². The van der Waals surface area contributed by atoms with E-state index < -0.39 is 0 Å². The molecule has 1 aromatic heterocycles. The van der Waals surface area contributed by atoms with Crippen LogP contribution in [0.5, 0.6) is 0 Å². The van der Waals surface area contributed by atoms with Crippen LogP contribution in [-0.4, -0.2) is 17.2 Å². The number of aromatic amines is 1. The minimum Gasteiger partial charge on any atom is -0.360 e. The second-order valence-electron chi connectivity index (χ2n) is 4.89. The number of halogens is 1. The zero-order valence-corrected chi connectivity index (χ0v) is 12.4. The Bertz CT molecular complexity index is 855. The van der Waals surface area contributed by atoms with Crippen LogP contribution in [0.4, 0.5) is 5.69 Å². The molecule has 0 aliphatic heterocycles. The highest BCUT2D eigenvalue weighted by atomic mass is 35.5. The molecule has 4 nitrogen and oxygen atoms in total. The Hall–Kier alpha value is -2.59. The number of H-pyrrole nitrogens is 1. The van der Waals surface area contributed by atoms with Gasteiger partial charge in [-0.3, -0.25) is 4.79 Å². The van der Waals surface area contributed by atoms with E-state index in [1.165, 1.54) is 0 Å². The van der Waals surface area contributed by atoms with Crippen LogP contribution in [0.25, 0.3) is 10.9 Å². The van der Waals surface area contributed by atoms with Gasteiger partial charge in [0.25, 0.3) is 5.91 Å². The van der Waals surface area contributed by atoms with Gasteiger partial charge >= 0.3 is 0 Å². The van der Waals surface area contributed by atoms with E-state index in [1.54, 1.807) is 24.4 Å². The molecule has 0 atom stereocenters. The van der Waals surface area contributed by atoms with Crippen LogP contribution >= 0.6 is 11.6 Å². The van der Waals surface area contributed by atoms with Crippen molar-refractivity contribution in [2.24, 2.45) is 0 Å². The first-order valence-corrected chi connectivity index (χ1v) is 7.16. The second kappa shape index (κ2) is 6.03. The van der Waals surface area contributed by atoms with Gasteiger partial charge in [0.15, 0.2) is 0 Å². The SMILES string of the molecule is O=CCc1ccc(NC(=O)c2c[nH]c3ccccc23)c(Cl)c1. The summed E-state index contributed by atoms with van der Waals surface area (Å²) in [5, 5.41) is 4.06. The second-order valence-corrected chi connectivity index (χ2v) is 5.29. The predicted molar refractivity (Wildman–Crippen MR) is 87.5 cm³/mol. The number of hydrogen-bond acceptors (Lipinski definition) is 2. The summed E-state index contributed by atoms with van der Waals surface area (Å²) in [5.41, 5.74) is 2.79. The summed E-state index contributed by atoms with van der Waals surface area (Å²) < 4.78 is 0. The monoisotopic (exact) mass is 312 g/mol. The van der Waals surface area contributed by atoms with E-state index >= 15 is 0 Å². The molecule has 110 valence electrons. The summed E-state index contributed by atoms with van der Waals surface area (Å²) in [5.74, 6) is -0.234. The van der Waals surface area contributed by atoms with Crippen molar-refractivity contribution >= 4 is 40.4 Å². The van der Waals surface area contributed by atoms with E-state index in [-0.39, 0.29) is 5.91 Å². The zero-order valence-electron chi connectivity index (χ0n) is 11.6. The van der Waals surface area contributed by atoms with E-state index in [0.29, 0.717) is 22.7 Å². The van der Waals surface area contributed by atoms with Crippen LogP contribution in [-0.2, 0) is 11.2 Å². The quantitative estimate of drug-likeness (QED) is 0.719. The molecule has 1 amide bonds. The summed E-state index contributed by atoms with van der Waals surface area (Å²) >= 11 is 6.15. The normalized spacial score (nSPS) is 10.6. The fourth-order valence-corrected chi connectivity index (χ4v) is 2.58. The van der Waals surface area contributed by atoms with Gasteiger partial charge in [0.1, 0.15) is 6.29 Å². The van der Waals surface area contributed by atoms with Crippen molar-refractivity contribution in [3.8, 4) is 0 Å².